The molecule has 0 spiro atoms. The first-order valence-corrected chi connectivity index (χ1v) is 5.67. The van der Waals surface area contributed by atoms with E-state index in [0.29, 0.717) is 0 Å². The molecule has 0 aliphatic carbocycles. The lowest BCUT2D eigenvalue weighted by molar-refractivity contribution is 1.04. The van der Waals surface area contributed by atoms with Gasteiger partial charge in [-0.05, 0) is 23.6 Å². The van der Waals surface area contributed by atoms with Crippen molar-refractivity contribution in [3.8, 4) is 0 Å². The minimum absolute atomic E-state index is 0.900. The Bertz CT molecular complexity index is 627. The normalized spacial score (nSPS) is 10.6. The molecule has 0 aliphatic heterocycles. The fraction of sp³-hybridized carbons (Fsp3) is 0.0667. The number of rotatable bonds is 2. The standard InChI is InChI=1S/C15H12N2/c1-2-6-12(7-3-1)10-13-11-16-17-15-9-5-4-8-14(13)15/h1-9,11H,10H2. The van der Waals surface area contributed by atoms with Crippen LogP contribution in [0, 0.1) is 0 Å². The average molecular weight is 220 g/mol. The van der Waals surface area contributed by atoms with Gasteiger partial charge in [-0.25, -0.2) is 0 Å². The second kappa shape index (κ2) is 4.34. The van der Waals surface area contributed by atoms with E-state index in [1.165, 1.54) is 16.5 Å². The number of hydrogen-bond donors (Lipinski definition) is 0. The number of hydrogen-bond acceptors (Lipinski definition) is 2. The molecule has 2 heteroatoms. The van der Waals surface area contributed by atoms with Crippen molar-refractivity contribution >= 4 is 10.9 Å². The van der Waals surface area contributed by atoms with Crippen LogP contribution < -0.4 is 0 Å². The Hall–Kier alpha value is -2.22. The van der Waals surface area contributed by atoms with Crippen LogP contribution in [0.15, 0.2) is 60.8 Å². The second-order valence-electron chi connectivity index (χ2n) is 4.05. The Morgan fingerprint density at radius 1 is 0.824 bits per heavy atom. The largest absolute Gasteiger partial charge is 0.158 e. The Balaban J connectivity index is 2.06. The van der Waals surface area contributed by atoms with Gasteiger partial charge in [-0.2, -0.15) is 10.2 Å². The topological polar surface area (TPSA) is 25.8 Å². The van der Waals surface area contributed by atoms with Crippen molar-refractivity contribution in [2.24, 2.45) is 0 Å². The molecule has 1 aromatic heterocycles. The second-order valence-corrected chi connectivity index (χ2v) is 4.05. The monoisotopic (exact) mass is 220 g/mol. The van der Waals surface area contributed by atoms with Gasteiger partial charge in [-0.1, -0.05) is 48.5 Å². The molecule has 0 aliphatic rings. The highest BCUT2D eigenvalue weighted by Crippen LogP contribution is 2.18. The summed E-state index contributed by atoms with van der Waals surface area (Å²) in [6, 6.07) is 18.6. The van der Waals surface area contributed by atoms with Gasteiger partial charge in [0.15, 0.2) is 0 Å². The molecule has 0 N–H and O–H groups in total. The zero-order chi connectivity index (χ0) is 11.5. The first kappa shape index (κ1) is 9.97. The molecular weight excluding hydrogens is 208 g/mol. The van der Waals surface area contributed by atoms with Crippen molar-refractivity contribution < 1.29 is 0 Å². The summed E-state index contributed by atoms with van der Waals surface area (Å²) in [5.41, 5.74) is 3.48. The predicted molar refractivity (Wildman–Crippen MR) is 68.8 cm³/mol. The third kappa shape index (κ3) is 2.02. The molecule has 17 heavy (non-hydrogen) atoms. The molecule has 0 atom stereocenters. The first-order valence-electron chi connectivity index (χ1n) is 5.67. The van der Waals surface area contributed by atoms with Crippen molar-refractivity contribution in [3.63, 3.8) is 0 Å². The minimum atomic E-state index is 0.900. The van der Waals surface area contributed by atoms with Crippen LogP contribution in [0.1, 0.15) is 11.1 Å². The van der Waals surface area contributed by atoms with Gasteiger partial charge in [0.2, 0.25) is 0 Å². The van der Waals surface area contributed by atoms with Gasteiger partial charge in [0.25, 0.3) is 0 Å². The highest BCUT2D eigenvalue weighted by Gasteiger charge is 2.02. The van der Waals surface area contributed by atoms with Crippen LogP contribution in [-0.4, -0.2) is 10.2 Å². The molecule has 0 amide bonds. The summed E-state index contributed by atoms with van der Waals surface area (Å²) in [5.74, 6) is 0. The van der Waals surface area contributed by atoms with Crippen molar-refractivity contribution in [2.75, 3.05) is 0 Å². The number of benzene rings is 2. The molecule has 0 bridgehead atoms. The summed E-state index contributed by atoms with van der Waals surface area (Å²) >= 11 is 0. The molecule has 0 radical (unpaired) electrons. The fourth-order valence-corrected chi connectivity index (χ4v) is 2.02. The van der Waals surface area contributed by atoms with Crippen LogP contribution in [0.25, 0.3) is 10.9 Å². The molecule has 3 aromatic rings. The summed E-state index contributed by atoms with van der Waals surface area (Å²) < 4.78 is 0. The van der Waals surface area contributed by atoms with Gasteiger partial charge in [0, 0.05) is 5.39 Å². The maximum atomic E-state index is 4.13. The summed E-state index contributed by atoms with van der Waals surface area (Å²) in [7, 11) is 0. The van der Waals surface area contributed by atoms with Gasteiger partial charge < -0.3 is 0 Å². The summed E-state index contributed by atoms with van der Waals surface area (Å²) in [6.45, 7) is 0. The lowest BCUT2D eigenvalue weighted by Crippen LogP contribution is -1.93. The smallest absolute Gasteiger partial charge is 0.0932 e. The van der Waals surface area contributed by atoms with Crippen molar-refractivity contribution in [1.29, 1.82) is 0 Å². The van der Waals surface area contributed by atoms with Crippen molar-refractivity contribution in [3.05, 3.63) is 71.9 Å². The van der Waals surface area contributed by atoms with Gasteiger partial charge in [0.1, 0.15) is 0 Å². The van der Waals surface area contributed by atoms with E-state index >= 15 is 0 Å². The van der Waals surface area contributed by atoms with Gasteiger partial charge in [-0.3, -0.25) is 0 Å². The molecular formula is C15H12N2. The molecule has 82 valence electrons. The van der Waals surface area contributed by atoms with E-state index in [2.05, 4.69) is 40.5 Å². The molecule has 0 saturated heterocycles. The first-order chi connectivity index (χ1) is 8.43. The quantitative estimate of drug-likeness (QED) is 0.662. The Morgan fingerprint density at radius 3 is 2.47 bits per heavy atom. The SMILES string of the molecule is c1ccc(Cc2cnnc3ccccc23)cc1. The minimum Gasteiger partial charge on any atom is -0.158 e. The van der Waals surface area contributed by atoms with E-state index in [1.54, 1.807) is 0 Å². The van der Waals surface area contributed by atoms with Crippen LogP contribution in [0.2, 0.25) is 0 Å². The lowest BCUT2D eigenvalue weighted by atomic mass is 10.0. The van der Waals surface area contributed by atoms with E-state index in [0.717, 1.165) is 11.9 Å². The van der Waals surface area contributed by atoms with E-state index in [1.807, 2.05) is 30.5 Å². The van der Waals surface area contributed by atoms with Gasteiger partial charge in [-0.15, -0.1) is 0 Å². The van der Waals surface area contributed by atoms with Crippen molar-refractivity contribution in [1.82, 2.24) is 10.2 Å². The van der Waals surface area contributed by atoms with E-state index in [4.69, 9.17) is 0 Å². The summed E-state index contributed by atoms with van der Waals surface area (Å²) in [4.78, 5) is 0. The van der Waals surface area contributed by atoms with Crippen molar-refractivity contribution in [2.45, 2.75) is 6.42 Å². The third-order valence-corrected chi connectivity index (χ3v) is 2.87. The van der Waals surface area contributed by atoms with E-state index < -0.39 is 0 Å². The number of nitrogens with zero attached hydrogens (tertiary/aromatic N) is 2. The third-order valence-electron chi connectivity index (χ3n) is 2.87. The highest BCUT2D eigenvalue weighted by atomic mass is 15.1. The Labute approximate surface area is 99.9 Å². The lowest BCUT2D eigenvalue weighted by Gasteiger charge is -2.04. The Morgan fingerprint density at radius 2 is 1.59 bits per heavy atom. The fourth-order valence-electron chi connectivity index (χ4n) is 2.02. The highest BCUT2D eigenvalue weighted by molar-refractivity contribution is 5.81. The zero-order valence-corrected chi connectivity index (χ0v) is 9.38. The van der Waals surface area contributed by atoms with Crippen LogP contribution in [0.4, 0.5) is 0 Å². The van der Waals surface area contributed by atoms with E-state index in [9.17, 15) is 0 Å². The molecule has 0 saturated carbocycles. The van der Waals surface area contributed by atoms with Gasteiger partial charge in [0.05, 0.1) is 11.7 Å². The number of aromatic nitrogens is 2. The molecule has 3 rings (SSSR count). The molecule has 2 nitrogen and oxygen atoms in total. The van der Waals surface area contributed by atoms with E-state index in [-0.39, 0.29) is 0 Å². The average Bonchev–Trinajstić information content (AvgIpc) is 2.40. The maximum Gasteiger partial charge on any atom is 0.0932 e. The predicted octanol–water partition coefficient (Wildman–Crippen LogP) is 3.22. The van der Waals surface area contributed by atoms with Crippen LogP contribution in [0.5, 0.6) is 0 Å². The molecule has 0 fully saturated rings. The molecule has 1 heterocycles. The Kier molecular flexibility index (Phi) is 2.54. The van der Waals surface area contributed by atoms with Crippen LogP contribution >= 0.6 is 0 Å². The summed E-state index contributed by atoms with van der Waals surface area (Å²) in [6.07, 6.45) is 2.76. The van der Waals surface area contributed by atoms with Crippen LogP contribution in [-0.2, 0) is 6.42 Å². The molecule has 2 aromatic carbocycles. The van der Waals surface area contributed by atoms with Crippen LogP contribution in [0.3, 0.4) is 0 Å². The maximum absolute atomic E-state index is 4.13. The van der Waals surface area contributed by atoms with Gasteiger partial charge >= 0.3 is 0 Å². The number of fused-ring (bicyclic) bond motifs is 1. The summed E-state index contributed by atoms with van der Waals surface area (Å²) in [5, 5.41) is 9.38. The molecule has 0 unspecified atom stereocenters. The zero-order valence-electron chi connectivity index (χ0n) is 9.38.